The minimum atomic E-state index is 0.199. The van der Waals surface area contributed by atoms with Crippen molar-refractivity contribution < 1.29 is 4.74 Å². The highest BCUT2D eigenvalue weighted by Crippen LogP contribution is 2.42. The molecule has 0 fully saturated rings. The van der Waals surface area contributed by atoms with Gasteiger partial charge in [0.25, 0.3) is 0 Å². The molecule has 2 aromatic rings. The lowest BCUT2D eigenvalue weighted by molar-refractivity contribution is 0.256. The molecule has 0 spiro atoms. The number of ether oxygens (including phenoxy) is 1. The fourth-order valence-corrected chi connectivity index (χ4v) is 2.68. The molecule has 92 valence electrons. The SMILES string of the molecule is Cc1cc(N)c2c(c1-c1ccncc1)C[C@@H](C)O2. The molecule has 2 N–H and O–H groups in total. The highest BCUT2D eigenvalue weighted by molar-refractivity contribution is 5.79. The number of anilines is 1. The molecule has 0 unspecified atom stereocenters. The third-order valence-corrected chi connectivity index (χ3v) is 3.38. The summed E-state index contributed by atoms with van der Waals surface area (Å²) in [7, 11) is 0. The molecular weight excluding hydrogens is 224 g/mol. The van der Waals surface area contributed by atoms with Crippen LogP contribution in [0.15, 0.2) is 30.6 Å². The van der Waals surface area contributed by atoms with E-state index in [-0.39, 0.29) is 6.10 Å². The molecule has 3 rings (SSSR count). The van der Waals surface area contributed by atoms with Crippen LogP contribution in [-0.2, 0) is 6.42 Å². The van der Waals surface area contributed by atoms with E-state index in [0.29, 0.717) is 0 Å². The van der Waals surface area contributed by atoms with Gasteiger partial charge in [0.2, 0.25) is 0 Å². The molecule has 2 heterocycles. The van der Waals surface area contributed by atoms with Crippen LogP contribution in [0.25, 0.3) is 11.1 Å². The second kappa shape index (κ2) is 4.02. The largest absolute Gasteiger partial charge is 0.488 e. The number of nitrogen functional groups attached to an aromatic ring is 1. The van der Waals surface area contributed by atoms with Gasteiger partial charge in [-0.05, 0) is 48.7 Å². The van der Waals surface area contributed by atoms with Gasteiger partial charge in [-0.25, -0.2) is 0 Å². The summed E-state index contributed by atoms with van der Waals surface area (Å²) in [6.07, 6.45) is 4.75. The maximum absolute atomic E-state index is 6.04. The molecule has 1 aromatic carbocycles. The highest BCUT2D eigenvalue weighted by atomic mass is 16.5. The number of nitrogens with two attached hydrogens (primary N) is 1. The summed E-state index contributed by atoms with van der Waals surface area (Å²) in [5.74, 6) is 0.861. The highest BCUT2D eigenvalue weighted by Gasteiger charge is 2.26. The van der Waals surface area contributed by atoms with Crippen molar-refractivity contribution in [2.45, 2.75) is 26.4 Å². The average Bonchev–Trinajstić information content (AvgIpc) is 2.72. The number of fused-ring (bicyclic) bond motifs is 1. The second-order valence-corrected chi connectivity index (χ2v) is 4.83. The van der Waals surface area contributed by atoms with Gasteiger partial charge in [0, 0.05) is 24.4 Å². The van der Waals surface area contributed by atoms with Crippen LogP contribution in [0.3, 0.4) is 0 Å². The van der Waals surface area contributed by atoms with E-state index < -0.39 is 0 Å². The van der Waals surface area contributed by atoms with Gasteiger partial charge in [-0.1, -0.05) is 0 Å². The van der Waals surface area contributed by atoms with Crippen LogP contribution >= 0.6 is 0 Å². The Morgan fingerprint density at radius 1 is 1.33 bits per heavy atom. The molecule has 0 radical (unpaired) electrons. The van der Waals surface area contributed by atoms with E-state index in [1.807, 2.05) is 30.6 Å². The molecule has 0 saturated carbocycles. The lowest BCUT2D eigenvalue weighted by Gasteiger charge is -2.13. The van der Waals surface area contributed by atoms with E-state index in [1.54, 1.807) is 0 Å². The zero-order valence-electron chi connectivity index (χ0n) is 10.6. The number of hydrogen-bond donors (Lipinski definition) is 1. The summed E-state index contributed by atoms with van der Waals surface area (Å²) in [4.78, 5) is 4.07. The first kappa shape index (κ1) is 11.1. The van der Waals surface area contributed by atoms with E-state index in [1.165, 1.54) is 22.3 Å². The molecule has 0 aliphatic carbocycles. The molecule has 1 aromatic heterocycles. The molecule has 0 saturated heterocycles. The summed E-state index contributed by atoms with van der Waals surface area (Å²) < 4.78 is 5.81. The standard InChI is InChI=1S/C15H16N2O/c1-9-7-13(16)15-12(8-10(2)18-15)14(9)11-3-5-17-6-4-11/h3-7,10H,8,16H2,1-2H3/t10-/m1/s1. The van der Waals surface area contributed by atoms with Crippen LogP contribution in [0.4, 0.5) is 5.69 Å². The number of pyridine rings is 1. The van der Waals surface area contributed by atoms with Crippen LogP contribution in [0.2, 0.25) is 0 Å². The molecule has 3 nitrogen and oxygen atoms in total. The van der Waals surface area contributed by atoms with Crippen LogP contribution in [0, 0.1) is 6.92 Å². The first-order chi connectivity index (χ1) is 8.66. The Labute approximate surface area is 107 Å². The summed E-state index contributed by atoms with van der Waals surface area (Å²) in [5, 5.41) is 0. The maximum atomic E-state index is 6.04. The van der Waals surface area contributed by atoms with Crippen LogP contribution in [-0.4, -0.2) is 11.1 Å². The van der Waals surface area contributed by atoms with Gasteiger partial charge in [-0.3, -0.25) is 4.98 Å². The van der Waals surface area contributed by atoms with E-state index in [2.05, 4.69) is 18.8 Å². The summed E-state index contributed by atoms with van der Waals surface area (Å²) in [6.45, 7) is 4.17. The fraction of sp³-hybridized carbons (Fsp3) is 0.267. The van der Waals surface area contributed by atoms with Gasteiger partial charge >= 0.3 is 0 Å². The first-order valence-corrected chi connectivity index (χ1v) is 6.16. The zero-order valence-corrected chi connectivity index (χ0v) is 10.6. The van der Waals surface area contributed by atoms with Crippen molar-refractivity contribution in [1.82, 2.24) is 4.98 Å². The lowest BCUT2D eigenvalue weighted by atomic mass is 9.92. The van der Waals surface area contributed by atoms with Gasteiger partial charge < -0.3 is 10.5 Å². The number of aromatic nitrogens is 1. The zero-order chi connectivity index (χ0) is 12.7. The van der Waals surface area contributed by atoms with Crippen molar-refractivity contribution in [3.8, 4) is 16.9 Å². The lowest BCUT2D eigenvalue weighted by Crippen LogP contribution is -2.05. The van der Waals surface area contributed by atoms with Gasteiger partial charge in [0.1, 0.15) is 11.9 Å². The number of rotatable bonds is 1. The number of nitrogens with zero attached hydrogens (tertiary/aromatic N) is 1. The second-order valence-electron chi connectivity index (χ2n) is 4.83. The Hall–Kier alpha value is -2.03. The Morgan fingerprint density at radius 2 is 2.06 bits per heavy atom. The molecule has 3 heteroatoms. The quantitative estimate of drug-likeness (QED) is 0.779. The van der Waals surface area contributed by atoms with Gasteiger partial charge in [0.05, 0.1) is 5.69 Å². The third-order valence-electron chi connectivity index (χ3n) is 3.38. The summed E-state index contributed by atoms with van der Waals surface area (Å²) in [6, 6.07) is 6.05. The van der Waals surface area contributed by atoms with E-state index in [4.69, 9.17) is 10.5 Å². The van der Waals surface area contributed by atoms with E-state index in [9.17, 15) is 0 Å². The molecule has 0 bridgehead atoms. The monoisotopic (exact) mass is 240 g/mol. The molecule has 1 atom stereocenters. The predicted octanol–water partition coefficient (Wildman–Crippen LogP) is 2.96. The molecule has 18 heavy (non-hydrogen) atoms. The molecule has 1 aliphatic rings. The molecule has 0 amide bonds. The van der Waals surface area contributed by atoms with Crippen molar-refractivity contribution >= 4 is 5.69 Å². The van der Waals surface area contributed by atoms with Crippen molar-refractivity contribution in [2.75, 3.05) is 5.73 Å². The van der Waals surface area contributed by atoms with E-state index in [0.717, 1.165) is 17.9 Å². The van der Waals surface area contributed by atoms with Gasteiger partial charge in [-0.2, -0.15) is 0 Å². The van der Waals surface area contributed by atoms with Crippen LogP contribution < -0.4 is 10.5 Å². The topological polar surface area (TPSA) is 48.1 Å². The maximum Gasteiger partial charge on any atom is 0.146 e. The first-order valence-electron chi connectivity index (χ1n) is 6.16. The predicted molar refractivity (Wildman–Crippen MR) is 72.6 cm³/mol. The third kappa shape index (κ3) is 1.63. The average molecular weight is 240 g/mol. The van der Waals surface area contributed by atoms with Crippen molar-refractivity contribution in [3.63, 3.8) is 0 Å². The number of aryl methyl sites for hydroxylation is 1. The number of benzene rings is 1. The summed E-state index contributed by atoms with van der Waals surface area (Å²) >= 11 is 0. The minimum absolute atomic E-state index is 0.199. The van der Waals surface area contributed by atoms with Gasteiger partial charge in [0.15, 0.2) is 0 Å². The van der Waals surface area contributed by atoms with Crippen LogP contribution in [0.5, 0.6) is 5.75 Å². The van der Waals surface area contributed by atoms with Crippen LogP contribution in [0.1, 0.15) is 18.1 Å². The smallest absolute Gasteiger partial charge is 0.146 e. The fourth-order valence-electron chi connectivity index (χ4n) is 2.68. The Balaban J connectivity index is 2.25. The molecular formula is C15H16N2O. The van der Waals surface area contributed by atoms with E-state index >= 15 is 0 Å². The number of hydrogen-bond acceptors (Lipinski definition) is 3. The minimum Gasteiger partial charge on any atom is -0.488 e. The van der Waals surface area contributed by atoms with Gasteiger partial charge in [-0.15, -0.1) is 0 Å². The van der Waals surface area contributed by atoms with Crippen molar-refractivity contribution in [3.05, 3.63) is 41.7 Å². The van der Waals surface area contributed by atoms with Crippen molar-refractivity contribution in [2.24, 2.45) is 0 Å². The molecule has 1 aliphatic heterocycles. The van der Waals surface area contributed by atoms with Crippen molar-refractivity contribution in [1.29, 1.82) is 0 Å². The Kier molecular flexibility index (Phi) is 2.47. The summed E-state index contributed by atoms with van der Waals surface area (Å²) in [5.41, 5.74) is 11.6. The Bertz CT molecular complexity index is 593. The Morgan fingerprint density at radius 3 is 2.78 bits per heavy atom. The normalized spacial score (nSPS) is 17.3.